The van der Waals surface area contributed by atoms with E-state index in [2.05, 4.69) is 17.3 Å². The molecule has 1 aliphatic carbocycles. The summed E-state index contributed by atoms with van der Waals surface area (Å²) >= 11 is 0. The van der Waals surface area contributed by atoms with Gasteiger partial charge in [0.15, 0.2) is 0 Å². The van der Waals surface area contributed by atoms with Crippen LogP contribution in [0.1, 0.15) is 53.6 Å². The summed E-state index contributed by atoms with van der Waals surface area (Å²) in [5.74, 6) is -1.09. The molecule has 1 aromatic rings. The standard InChI is InChI=1S/C10H11FN2O2.C9H17N/c11-9-4-7(10(14)13-15)3-6-1-2-12-5-8(6)9;1-10-7-3-6-9(8-10)4-2-5-9/h3-4,12,15H,1-2,5H2,(H,13,14);2-8H2,1H3. The van der Waals surface area contributed by atoms with Crippen molar-refractivity contribution in [2.75, 3.05) is 26.7 Å². The van der Waals surface area contributed by atoms with E-state index in [1.165, 1.54) is 50.7 Å². The molecular weight excluding hydrogens is 321 g/mol. The Balaban J connectivity index is 0.000000157. The summed E-state index contributed by atoms with van der Waals surface area (Å²) in [6.07, 6.45) is 8.16. The summed E-state index contributed by atoms with van der Waals surface area (Å²) in [4.78, 5) is 13.6. The molecule has 3 aliphatic rings. The number of rotatable bonds is 1. The molecule has 2 aliphatic heterocycles. The molecule has 138 valence electrons. The third-order valence-electron chi connectivity index (χ3n) is 5.79. The van der Waals surface area contributed by atoms with Crippen molar-refractivity contribution < 1.29 is 14.4 Å². The van der Waals surface area contributed by atoms with Gasteiger partial charge < -0.3 is 10.2 Å². The number of fused-ring (bicyclic) bond motifs is 1. The number of amides is 1. The van der Waals surface area contributed by atoms with Crippen LogP contribution in [0.4, 0.5) is 4.39 Å². The lowest BCUT2D eigenvalue weighted by Gasteiger charge is -2.48. The predicted octanol–water partition coefficient (Wildman–Crippen LogP) is 2.47. The van der Waals surface area contributed by atoms with Gasteiger partial charge in [0, 0.05) is 24.2 Å². The second-order valence-electron chi connectivity index (χ2n) is 7.66. The van der Waals surface area contributed by atoms with Crippen LogP contribution in [-0.2, 0) is 13.0 Å². The van der Waals surface area contributed by atoms with Crippen LogP contribution in [0.3, 0.4) is 0 Å². The fourth-order valence-electron chi connectivity index (χ4n) is 4.29. The lowest BCUT2D eigenvalue weighted by atomic mass is 9.64. The van der Waals surface area contributed by atoms with Crippen molar-refractivity contribution in [1.82, 2.24) is 15.7 Å². The molecule has 0 radical (unpaired) electrons. The topological polar surface area (TPSA) is 64.6 Å². The first-order valence-electron chi connectivity index (χ1n) is 9.18. The second-order valence-corrected chi connectivity index (χ2v) is 7.66. The fourth-order valence-corrected chi connectivity index (χ4v) is 4.29. The monoisotopic (exact) mass is 349 g/mol. The molecule has 1 amide bonds. The average molecular weight is 349 g/mol. The van der Waals surface area contributed by atoms with Crippen molar-refractivity contribution in [1.29, 1.82) is 0 Å². The summed E-state index contributed by atoms with van der Waals surface area (Å²) in [7, 11) is 2.26. The van der Waals surface area contributed by atoms with Gasteiger partial charge in [-0.25, -0.2) is 9.87 Å². The van der Waals surface area contributed by atoms with Gasteiger partial charge in [0.05, 0.1) is 0 Å². The third-order valence-corrected chi connectivity index (χ3v) is 5.79. The molecule has 3 N–H and O–H groups in total. The Hall–Kier alpha value is -1.50. The quantitative estimate of drug-likeness (QED) is 0.538. The summed E-state index contributed by atoms with van der Waals surface area (Å²) in [5.41, 5.74) is 3.87. The minimum absolute atomic E-state index is 0.149. The van der Waals surface area contributed by atoms with Gasteiger partial charge in [-0.05, 0) is 75.4 Å². The third kappa shape index (κ3) is 4.19. The van der Waals surface area contributed by atoms with Gasteiger partial charge in [0.2, 0.25) is 0 Å². The van der Waals surface area contributed by atoms with E-state index >= 15 is 0 Å². The Morgan fingerprint density at radius 1 is 1.32 bits per heavy atom. The van der Waals surface area contributed by atoms with E-state index in [0.29, 0.717) is 18.5 Å². The zero-order valence-corrected chi connectivity index (χ0v) is 14.9. The van der Waals surface area contributed by atoms with Crippen molar-refractivity contribution in [3.63, 3.8) is 0 Å². The first-order chi connectivity index (χ1) is 12.0. The first kappa shape index (κ1) is 18.3. The number of hydrogen-bond acceptors (Lipinski definition) is 4. The van der Waals surface area contributed by atoms with Gasteiger partial charge in [-0.2, -0.15) is 0 Å². The smallest absolute Gasteiger partial charge is 0.274 e. The molecule has 1 saturated carbocycles. The molecule has 0 atom stereocenters. The molecule has 6 heteroatoms. The van der Waals surface area contributed by atoms with Gasteiger partial charge in [-0.15, -0.1) is 0 Å². The van der Waals surface area contributed by atoms with E-state index < -0.39 is 11.7 Å². The number of nitrogens with one attached hydrogen (secondary N) is 2. The largest absolute Gasteiger partial charge is 0.312 e. The Kier molecular flexibility index (Phi) is 5.71. The van der Waals surface area contributed by atoms with Crippen LogP contribution in [0.25, 0.3) is 0 Å². The van der Waals surface area contributed by atoms with Gasteiger partial charge >= 0.3 is 0 Å². The van der Waals surface area contributed by atoms with Crippen molar-refractivity contribution in [3.8, 4) is 0 Å². The van der Waals surface area contributed by atoms with Crippen LogP contribution < -0.4 is 10.8 Å². The van der Waals surface area contributed by atoms with Crippen molar-refractivity contribution in [2.24, 2.45) is 5.41 Å². The second kappa shape index (κ2) is 7.81. The summed E-state index contributed by atoms with van der Waals surface area (Å²) in [6, 6.07) is 2.75. The van der Waals surface area contributed by atoms with Gasteiger partial charge in [-0.1, -0.05) is 6.42 Å². The molecule has 25 heavy (non-hydrogen) atoms. The van der Waals surface area contributed by atoms with Gasteiger partial charge in [0.25, 0.3) is 5.91 Å². The first-order valence-corrected chi connectivity index (χ1v) is 9.18. The highest BCUT2D eigenvalue weighted by atomic mass is 19.1. The number of likely N-dealkylation sites (tertiary alicyclic amines) is 1. The van der Waals surface area contributed by atoms with Crippen molar-refractivity contribution >= 4 is 5.91 Å². The summed E-state index contributed by atoms with van der Waals surface area (Å²) < 4.78 is 13.5. The van der Waals surface area contributed by atoms with E-state index in [0.717, 1.165) is 23.6 Å². The van der Waals surface area contributed by atoms with Crippen LogP contribution in [-0.4, -0.2) is 42.7 Å². The zero-order valence-electron chi connectivity index (χ0n) is 14.9. The van der Waals surface area contributed by atoms with E-state index in [4.69, 9.17) is 5.21 Å². The number of benzene rings is 1. The lowest BCUT2D eigenvalue weighted by Crippen LogP contribution is -2.45. The minimum Gasteiger partial charge on any atom is -0.312 e. The molecule has 1 saturated heterocycles. The fraction of sp³-hybridized carbons (Fsp3) is 0.632. The molecule has 5 nitrogen and oxygen atoms in total. The van der Waals surface area contributed by atoms with E-state index in [-0.39, 0.29) is 5.56 Å². The van der Waals surface area contributed by atoms with Gasteiger partial charge in [0.1, 0.15) is 5.82 Å². The number of halogens is 1. The lowest BCUT2D eigenvalue weighted by molar-refractivity contribution is 0.0327. The van der Waals surface area contributed by atoms with Gasteiger partial charge in [-0.3, -0.25) is 10.0 Å². The van der Waals surface area contributed by atoms with Crippen LogP contribution in [0.2, 0.25) is 0 Å². The van der Waals surface area contributed by atoms with Crippen LogP contribution >= 0.6 is 0 Å². The predicted molar refractivity (Wildman–Crippen MR) is 94.1 cm³/mol. The summed E-state index contributed by atoms with van der Waals surface area (Å²) in [6.45, 7) is 3.98. The molecular formula is C19H28FN3O2. The molecule has 1 aromatic carbocycles. The molecule has 2 fully saturated rings. The SMILES string of the molecule is CN1CCCC2(CCC2)C1.O=C(NO)c1cc(F)c2c(c1)CCNC2. The highest BCUT2D eigenvalue weighted by Gasteiger charge is 2.39. The maximum atomic E-state index is 13.5. The van der Waals surface area contributed by atoms with E-state index in [1.54, 1.807) is 6.07 Å². The minimum atomic E-state index is -0.685. The number of nitrogens with zero attached hydrogens (tertiary/aromatic N) is 1. The van der Waals surface area contributed by atoms with Crippen LogP contribution in [0.15, 0.2) is 12.1 Å². The Bertz CT molecular complexity index is 631. The Morgan fingerprint density at radius 2 is 2.08 bits per heavy atom. The Labute approximate surface area is 148 Å². The zero-order chi connectivity index (χ0) is 17.9. The number of piperidine rings is 1. The maximum absolute atomic E-state index is 13.5. The number of hydrogen-bond donors (Lipinski definition) is 3. The average Bonchev–Trinajstić information content (AvgIpc) is 2.60. The Morgan fingerprint density at radius 3 is 2.68 bits per heavy atom. The van der Waals surface area contributed by atoms with Crippen molar-refractivity contribution in [3.05, 3.63) is 34.6 Å². The molecule has 1 spiro atoms. The van der Waals surface area contributed by atoms with E-state index in [1.807, 2.05) is 0 Å². The molecule has 0 unspecified atom stereocenters. The maximum Gasteiger partial charge on any atom is 0.274 e. The van der Waals surface area contributed by atoms with Crippen molar-refractivity contribution in [2.45, 2.75) is 45.1 Å². The molecule has 2 heterocycles. The number of hydroxylamine groups is 1. The normalized spacial score (nSPS) is 21.6. The van der Waals surface area contributed by atoms with Crippen LogP contribution in [0, 0.1) is 11.2 Å². The summed E-state index contributed by atoms with van der Waals surface area (Å²) in [5, 5.41) is 11.5. The number of carbonyl (C=O) groups excluding carboxylic acids is 1. The van der Waals surface area contributed by atoms with E-state index in [9.17, 15) is 9.18 Å². The number of carbonyl (C=O) groups is 1. The molecule has 0 bridgehead atoms. The molecule has 0 aromatic heterocycles. The highest BCUT2D eigenvalue weighted by molar-refractivity contribution is 5.93. The van der Waals surface area contributed by atoms with Crippen LogP contribution in [0.5, 0.6) is 0 Å². The molecule has 4 rings (SSSR count). The highest BCUT2D eigenvalue weighted by Crippen LogP contribution is 2.46.